The zero-order valence-electron chi connectivity index (χ0n) is 26.2. The molecule has 1 N–H and O–H groups in total. The molecule has 0 bridgehead atoms. The number of aromatic nitrogens is 2. The van der Waals surface area contributed by atoms with E-state index in [1.54, 1.807) is 10.9 Å². The normalized spacial score (nSPS) is 21.8. The molecule has 2 aliphatic heterocycles. The van der Waals surface area contributed by atoms with Crippen LogP contribution in [0.5, 0.6) is 0 Å². The van der Waals surface area contributed by atoms with Crippen LogP contribution < -0.4 is 5.32 Å². The Labute approximate surface area is 271 Å². The van der Waals surface area contributed by atoms with Gasteiger partial charge in [-0.25, -0.2) is 18.0 Å². The predicted octanol–water partition coefficient (Wildman–Crippen LogP) is 4.24. The molecular weight excluding hydrogens is 646 g/mol. The van der Waals surface area contributed by atoms with Crippen molar-refractivity contribution in [2.24, 2.45) is 0 Å². The van der Waals surface area contributed by atoms with E-state index in [2.05, 4.69) is 10.4 Å². The maximum Gasteiger partial charge on any atom is 0.416 e. The third-order valence-corrected chi connectivity index (χ3v) is 9.41. The highest BCUT2D eigenvalue weighted by Gasteiger charge is 2.67. The third-order valence-electron chi connectivity index (χ3n) is 9.41. The fraction of sp³-hybridized carbons (Fsp3) is 0.438. The van der Waals surface area contributed by atoms with Gasteiger partial charge in [0, 0.05) is 29.9 Å². The van der Waals surface area contributed by atoms with Gasteiger partial charge in [0.25, 0.3) is 11.8 Å². The molecule has 0 unspecified atom stereocenters. The van der Waals surface area contributed by atoms with Gasteiger partial charge in [0.15, 0.2) is 11.1 Å². The molecule has 1 aromatic heterocycles. The van der Waals surface area contributed by atoms with E-state index >= 15 is 8.78 Å². The van der Waals surface area contributed by atoms with Crippen molar-refractivity contribution in [3.8, 4) is 11.1 Å². The summed E-state index contributed by atoms with van der Waals surface area (Å²) in [5.74, 6) is -6.70. The molecule has 3 aliphatic rings. The number of nitrogens with zero attached hydrogens (tertiary/aromatic N) is 5. The van der Waals surface area contributed by atoms with E-state index in [0.717, 1.165) is 12.1 Å². The molecule has 6 rings (SSSR count). The second-order valence-electron chi connectivity index (χ2n) is 12.8. The molecule has 2 atom stereocenters. The number of carbonyl (C=O) groups is 3. The summed E-state index contributed by atoms with van der Waals surface area (Å²) in [4.78, 5) is 43.4. The maximum atomic E-state index is 15.6. The zero-order chi connectivity index (χ0) is 34.8. The predicted molar refractivity (Wildman–Crippen MR) is 158 cm³/mol. The number of likely N-dealkylation sites (N-methyl/N-ethyl adjacent to an activating group) is 1. The number of carbonyl (C=O) groups excluding carboxylic acids is 3. The molecule has 48 heavy (non-hydrogen) atoms. The average molecular weight is 679 g/mol. The lowest BCUT2D eigenvalue weighted by molar-refractivity contribution is -0.302. The fourth-order valence-corrected chi connectivity index (χ4v) is 6.28. The first-order chi connectivity index (χ1) is 22.5. The van der Waals surface area contributed by atoms with Crippen LogP contribution in [-0.4, -0.2) is 93.9 Å². The smallest absolute Gasteiger partial charge is 0.376 e. The number of rotatable bonds is 9. The van der Waals surface area contributed by atoms with Crippen molar-refractivity contribution >= 4 is 17.8 Å². The van der Waals surface area contributed by atoms with Gasteiger partial charge < -0.3 is 19.9 Å². The van der Waals surface area contributed by atoms with Crippen molar-refractivity contribution in [3.63, 3.8) is 0 Å². The summed E-state index contributed by atoms with van der Waals surface area (Å²) in [5.41, 5.74) is -4.62. The molecule has 10 nitrogen and oxygen atoms in total. The average Bonchev–Trinajstić information content (AvgIpc) is 3.61. The Kier molecular flexibility index (Phi) is 8.10. The molecule has 2 saturated heterocycles. The number of urea groups is 1. The van der Waals surface area contributed by atoms with Gasteiger partial charge in [-0.2, -0.15) is 18.3 Å². The number of nitrogens with one attached hydrogen (secondary N) is 1. The van der Waals surface area contributed by atoms with Crippen molar-refractivity contribution in [1.82, 2.24) is 29.8 Å². The van der Waals surface area contributed by atoms with Crippen LogP contribution >= 0.6 is 0 Å². The first kappa shape index (κ1) is 33.5. The molecule has 2 fully saturated rings. The number of halogens is 6. The highest BCUT2D eigenvalue weighted by Crippen LogP contribution is 2.53. The van der Waals surface area contributed by atoms with Gasteiger partial charge >= 0.3 is 12.2 Å². The SMILES string of the molecule is C[C@H](Cn1cc(-c2ccc3c(c2)C(F)(F)C[C@]32NC(=O)N(CC(=O)N(Cc3ccc(F)cc3)C3(C(F)(F)F)COC3)C2=O)cn1)N(C)C. The summed E-state index contributed by atoms with van der Waals surface area (Å²) >= 11 is 0. The Morgan fingerprint density at radius 3 is 2.35 bits per heavy atom. The number of imide groups is 1. The first-order valence-corrected chi connectivity index (χ1v) is 15.0. The van der Waals surface area contributed by atoms with E-state index in [0.29, 0.717) is 27.5 Å². The summed E-state index contributed by atoms with van der Waals surface area (Å²) in [6.07, 6.45) is -2.88. The second kappa shape index (κ2) is 11.6. The summed E-state index contributed by atoms with van der Waals surface area (Å²) in [6.45, 7) is -1.06. The first-order valence-electron chi connectivity index (χ1n) is 15.0. The molecule has 4 amide bonds. The Morgan fingerprint density at radius 1 is 1.06 bits per heavy atom. The molecule has 0 radical (unpaired) electrons. The lowest BCUT2D eigenvalue weighted by Crippen LogP contribution is -2.72. The number of hydrogen-bond donors (Lipinski definition) is 1. The number of hydrogen-bond acceptors (Lipinski definition) is 6. The number of fused-ring (bicyclic) bond motifs is 2. The highest BCUT2D eigenvalue weighted by atomic mass is 19.4. The van der Waals surface area contributed by atoms with Gasteiger partial charge in [-0.05, 0) is 55.9 Å². The van der Waals surface area contributed by atoms with Crippen molar-refractivity contribution in [3.05, 3.63) is 77.4 Å². The zero-order valence-corrected chi connectivity index (χ0v) is 26.2. The number of ether oxygens (including phenoxy) is 1. The van der Waals surface area contributed by atoms with Crippen LogP contribution in [0.1, 0.15) is 30.0 Å². The standard InChI is InChI=1S/C32H32F6N6O4/c1-19(41(2)3)12-42-14-22(11-39-42)21-6-9-24-25(10-21)31(34,35)16-30(24)27(46)43(28(47)40-30)15-26(45)44(13-20-4-7-23(33)8-5-20)29(17-48-18-29)32(36,37)38/h4-11,14,19H,12-13,15-18H2,1-3H3,(H,40,47)/t19-,30+/m1/s1. The monoisotopic (exact) mass is 678 g/mol. The minimum Gasteiger partial charge on any atom is -0.376 e. The van der Waals surface area contributed by atoms with Crippen LogP contribution in [-0.2, 0) is 38.9 Å². The summed E-state index contributed by atoms with van der Waals surface area (Å²) in [6, 6.07) is 7.40. The molecular formula is C32H32F6N6O4. The molecule has 3 heterocycles. The molecule has 16 heteroatoms. The molecule has 1 aliphatic carbocycles. The van der Waals surface area contributed by atoms with Crippen molar-refractivity contribution in [1.29, 1.82) is 0 Å². The Balaban J connectivity index is 1.28. The van der Waals surface area contributed by atoms with Crippen molar-refractivity contribution in [2.45, 2.75) is 55.7 Å². The van der Waals surface area contributed by atoms with Gasteiger partial charge in [-0.1, -0.05) is 24.3 Å². The number of amides is 4. The van der Waals surface area contributed by atoms with Crippen LogP contribution in [0.25, 0.3) is 11.1 Å². The minimum atomic E-state index is -4.97. The second-order valence-corrected chi connectivity index (χ2v) is 12.8. The Hall–Kier alpha value is -4.44. The van der Waals surface area contributed by atoms with Crippen LogP contribution in [0.4, 0.5) is 31.1 Å². The van der Waals surface area contributed by atoms with E-state index in [1.165, 1.54) is 36.5 Å². The van der Waals surface area contributed by atoms with Crippen LogP contribution in [0, 0.1) is 5.82 Å². The van der Waals surface area contributed by atoms with E-state index in [-0.39, 0.29) is 17.2 Å². The van der Waals surface area contributed by atoms with E-state index in [4.69, 9.17) is 4.74 Å². The van der Waals surface area contributed by atoms with Gasteiger partial charge in [0.2, 0.25) is 5.91 Å². The molecule has 0 saturated carbocycles. The summed E-state index contributed by atoms with van der Waals surface area (Å²) < 4.78 is 94.3. The fourth-order valence-electron chi connectivity index (χ4n) is 6.28. The number of alkyl halides is 5. The van der Waals surface area contributed by atoms with Gasteiger partial charge in [-0.3, -0.25) is 19.2 Å². The van der Waals surface area contributed by atoms with Crippen LogP contribution in [0.2, 0.25) is 0 Å². The van der Waals surface area contributed by atoms with Crippen LogP contribution in [0.15, 0.2) is 54.9 Å². The Bertz CT molecular complexity index is 1760. The van der Waals surface area contributed by atoms with E-state index in [1.807, 2.05) is 25.9 Å². The number of benzene rings is 2. The van der Waals surface area contributed by atoms with Crippen molar-refractivity contribution < 1.29 is 45.5 Å². The minimum absolute atomic E-state index is 0.143. The summed E-state index contributed by atoms with van der Waals surface area (Å²) in [7, 11) is 3.83. The largest absolute Gasteiger partial charge is 0.416 e. The molecule has 1 spiro atoms. The molecule has 2 aromatic carbocycles. The van der Waals surface area contributed by atoms with E-state index < -0.39 is 85.1 Å². The van der Waals surface area contributed by atoms with Gasteiger partial charge in [0.05, 0.1) is 32.4 Å². The van der Waals surface area contributed by atoms with Gasteiger partial charge in [-0.15, -0.1) is 0 Å². The van der Waals surface area contributed by atoms with Crippen molar-refractivity contribution in [2.75, 3.05) is 33.9 Å². The van der Waals surface area contributed by atoms with Gasteiger partial charge in [0.1, 0.15) is 12.4 Å². The lowest BCUT2D eigenvalue weighted by Gasteiger charge is -2.50. The quantitative estimate of drug-likeness (QED) is 0.269. The highest BCUT2D eigenvalue weighted by molar-refractivity contribution is 6.10. The third kappa shape index (κ3) is 5.49. The Morgan fingerprint density at radius 2 is 1.75 bits per heavy atom. The lowest BCUT2D eigenvalue weighted by atomic mass is 9.90. The topological polar surface area (TPSA) is 100 Å². The maximum absolute atomic E-state index is 15.6. The molecule has 3 aromatic rings. The van der Waals surface area contributed by atoms with E-state index in [9.17, 15) is 31.9 Å². The molecule has 256 valence electrons. The van der Waals surface area contributed by atoms with Crippen LogP contribution in [0.3, 0.4) is 0 Å². The summed E-state index contributed by atoms with van der Waals surface area (Å²) in [5, 5.41) is 6.63.